The molecule has 72 valence electrons. The number of amides is 4. The summed E-state index contributed by atoms with van der Waals surface area (Å²) in [4.78, 5) is 40.6. The number of carbonyl (C=O) groups excluding carboxylic acids is 2. The molecule has 0 saturated carbocycles. The van der Waals surface area contributed by atoms with Gasteiger partial charge in [0.1, 0.15) is 0 Å². The van der Waals surface area contributed by atoms with Crippen LogP contribution in [-0.4, -0.2) is 28.9 Å². The van der Waals surface area contributed by atoms with E-state index in [1.807, 2.05) is 0 Å². The van der Waals surface area contributed by atoms with Crippen LogP contribution in [0.4, 0.5) is 9.59 Å². The number of nitroso groups, excluding NO2 is 2. The molecule has 4 N–H and O–H groups in total. The van der Waals surface area contributed by atoms with Crippen molar-refractivity contribution in [2.24, 2.45) is 21.9 Å². The number of hydrogen-bond donors (Lipinski definition) is 2. The predicted molar refractivity (Wildman–Crippen MR) is 39.3 cm³/mol. The van der Waals surface area contributed by atoms with Crippen molar-refractivity contribution in [3.63, 3.8) is 0 Å². The Morgan fingerprint density at radius 2 is 1.69 bits per heavy atom. The van der Waals surface area contributed by atoms with Crippen LogP contribution in [0.5, 0.6) is 0 Å². The molecule has 13 heavy (non-hydrogen) atoms. The molecular formula is C3H6N6O4. The second kappa shape index (κ2) is 4.58. The number of rotatable bonds is 3. The SMILES string of the molecule is NC(=O)N(CN=O)N(N=O)C(N)=O. The smallest absolute Gasteiger partial charge is 0.350 e. The van der Waals surface area contributed by atoms with Crippen LogP contribution in [0.2, 0.25) is 0 Å². The Bertz CT molecular complexity index is 240. The monoisotopic (exact) mass is 190 g/mol. The van der Waals surface area contributed by atoms with Gasteiger partial charge in [0.05, 0.1) is 5.29 Å². The van der Waals surface area contributed by atoms with E-state index in [0.717, 1.165) is 0 Å². The summed E-state index contributed by atoms with van der Waals surface area (Å²) in [5.41, 5.74) is 9.29. The van der Waals surface area contributed by atoms with Crippen molar-refractivity contribution < 1.29 is 9.59 Å². The van der Waals surface area contributed by atoms with Gasteiger partial charge in [-0.15, -0.1) is 9.81 Å². The van der Waals surface area contributed by atoms with Gasteiger partial charge in [0.15, 0.2) is 6.67 Å². The van der Waals surface area contributed by atoms with E-state index in [9.17, 15) is 19.4 Å². The molecule has 0 unspecified atom stereocenters. The van der Waals surface area contributed by atoms with Crippen molar-refractivity contribution >= 4 is 12.1 Å². The number of carbonyl (C=O) groups is 2. The summed E-state index contributed by atoms with van der Waals surface area (Å²) >= 11 is 0. The lowest BCUT2D eigenvalue weighted by Crippen LogP contribution is -2.50. The number of hydrogen-bond acceptors (Lipinski definition) is 6. The highest BCUT2D eigenvalue weighted by atomic mass is 16.3. The molecule has 0 aromatic rings. The van der Waals surface area contributed by atoms with Gasteiger partial charge >= 0.3 is 12.1 Å². The van der Waals surface area contributed by atoms with Gasteiger partial charge in [0.2, 0.25) is 0 Å². The molecule has 0 fully saturated rings. The molecule has 0 aromatic heterocycles. The molecule has 0 rings (SSSR count). The summed E-state index contributed by atoms with van der Waals surface area (Å²) in [5, 5.41) is 4.37. The molecule has 0 radical (unpaired) electrons. The Morgan fingerprint density at radius 3 is 1.92 bits per heavy atom. The number of hydrazine groups is 1. The summed E-state index contributed by atoms with van der Waals surface area (Å²) in [6.07, 6.45) is 0. The zero-order chi connectivity index (χ0) is 10.4. The van der Waals surface area contributed by atoms with Gasteiger partial charge in [-0.2, -0.15) is 5.01 Å². The van der Waals surface area contributed by atoms with Crippen molar-refractivity contribution in [3.8, 4) is 0 Å². The fourth-order valence-electron chi connectivity index (χ4n) is 0.481. The number of nitrogens with two attached hydrogens (primary N) is 2. The lowest BCUT2D eigenvalue weighted by molar-refractivity contribution is 0.0576. The van der Waals surface area contributed by atoms with Crippen molar-refractivity contribution in [2.75, 3.05) is 6.67 Å². The van der Waals surface area contributed by atoms with Crippen LogP contribution >= 0.6 is 0 Å². The molecule has 0 aliphatic rings. The van der Waals surface area contributed by atoms with Crippen LogP contribution in [0, 0.1) is 9.81 Å². The minimum absolute atomic E-state index is 0.107. The van der Waals surface area contributed by atoms with E-state index in [1.165, 1.54) is 0 Å². The molecule has 0 saturated heterocycles. The van der Waals surface area contributed by atoms with Crippen LogP contribution in [0.15, 0.2) is 10.5 Å². The Hall–Kier alpha value is -2.26. The van der Waals surface area contributed by atoms with Crippen molar-refractivity contribution in [1.29, 1.82) is 0 Å². The Labute approximate surface area is 71.3 Å². The van der Waals surface area contributed by atoms with Crippen LogP contribution in [0.3, 0.4) is 0 Å². The van der Waals surface area contributed by atoms with Crippen LogP contribution < -0.4 is 11.5 Å². The Kier molecular flexibility index (Phi) is 3.79. The summed E-state index contributed by atoms with van der Waals surface area (Å²) in [6.45, 7) is -0.829. The molecule has 0 atom stereocenters. The highest BCUT2D eigenvalue weighted by Gasteiger charge is 2.23. The lowest BCUT2D eigenvalue weighted by Gasteiger charge is -2.21. The second-order valence-corrected chi connectivity index (χ2v) is 1.72. The Morgan fingerprint density at radius 1 is 1.15 bits per heavy atom. The van der Waals surface area contributed by atoms with Gasteiger partial charge in [-0.25, -0.2) is 9.59 Å². The maximum atomic E-state index is 10.5. The van der Waals surface area contributed by atoms with Gasteiger partial charge < -0.3 is 11.5 Å². The van der Waals surface area contributed by atoms with Gasteiger partial charge in [-0.1, -0.05) is 5.12 Å². The van der Waals surface area contributed by atoms with E-state index in [1.54, 1.807) is 0 Å². The molecule has 0 bridgehead atoms. The van der Waals surface area contributed by atoms with Gasteiger partial charge in [-0.05, 0) is 5.18 Å². The molecule has 0 aromatic carbocycles. The van der Waals surface area contributed by atoms with Crippen molar-refractivity contribution in [2.45, 2.75) is 0 Å². The molecule has 0 spiro atoms. The largest absolute Gasteiger partial charge is 0.358 e. The topological polar surface area (TPSA) is 152 Å². The molecule has 0 heterocycles. The number of urea groups is 2. The first kappa shape index (κ1) is 10.7. The fourth-order valence-corrected chi connectivity index (χ4v) is 0.481. The second-order valence-electron chi connectivity index (χ2n) is 1.72. The van der Waals surface area contributed by atoms with Crippen LogP contribution in [0.25, 0.3) is 0 Å². The van der Waals surface area contributed by atoms with E-state index in [2.05, 4.69) is 21.9 Å². The zero-order valence-corrected chi connectivity index (χ0v) is 6.28. The predicted octanol–water partition coefficient (Wildman–Crippen LogP) is -0.932. The summed E-state index contributed by atoms with van der Waals surface area (Å²) < 4.78 is 0. The average molecular weight is 190 g/mol. The zero-order valence-electron chi connectivity index (χ0n) is 6.28. The maximum absolute atomic E-state index is 10.5. The van der Waals surface area contributed by atoms with Gasteiger partial charge in [0, 0.05) is 0 Å². The first-order valence-corrected chi connectivity index (χ1v) is 2.83. The van der Waals surface area contributed by atoms with E-state index in [4.69, 9.17) is 0 Å². The Balaban J connectivity index is 4.67. The first-order chi connectivity index (χ1) is 6.04. The normalized spacial score (nSPS) is 8.62. The summed E-state index contributed by atoms with van der Waals surface area (Å²) in [6, 6.07) is -2.60. The third-order valence-corrected chi connectivity index (χ3v) is 0.949. The minimum Gasteiger partial charge on any atom is -0.350 e. The highest BCUT2D eigenvalue weighted by molar-refractivity contribution is 5.78. The summed E-state index contributed by atoms with van der Waals surface area (Å²) in [5.74, 6) is 0. The standard InChI is InChI=1S/C3H6N6O4/c4-2(10)8(1-6-12)9(7-13)3(5)11/h1H2,(H2,4,10)(H2,5,11). The van der Waals surface area contributed by atoms with E-state index < -0.39 is 18.7 Å². The molecule has 0 aliphatic carbocycles. The number of nitrogens with zero attached hydrogens (tertiary/aromatic N) is 4. The fraction of sp³-hybridized carbons (Fsp3) is 0.333. The van der Waals surface area contributed by atoms with E-state index in [0.29, 0.717) is 0 Å². The summed E-state index contributed by atoms with van der Waals surface area (Å²) in [7, 11) is 0. The molecule has 0 aliphatic heterocycles. The number of primary amides is 2. The molecular weight excluding hydrogens is 184 g/mol. The van der Waals surface area contributed by atoms with Crippen molar-refractivity contribution in [3.05, 3.63) is 9.81 Å². The van der Waals surface area contributed by atoms with Crippen LogP contribution in [-0.2, 0) is 0 Å². The first-order valence-electron chi connectivity index (χ1n) is 2.83. The quantitative estimate of drug-likeness (QED) is 0.436. The van der Waals surface area contributed by atoms with E-state index >= 15 is 0 Å². The van der Waals surface area contributed by atoms with Gasteiger partial charge in [0.25, 0.3) is 0 Å². The highest BCUT2D eigenvalue weighted by Crippen LogP contribution is 1.98. The minimum atomic E-state index is -1.35. The van der Waals surface area contributed by atoms with Crippen LogP contribution in [0.1, 0.15) is 0 Å². The molecule has 10 nitrogen and oxygen atoms in total. The molecule has 4 amide bonds. The van der Waals surface area contributed by atoms with Crippen molar-refractivity contribution in [1.82, 2.24) is 10.1 Å². The maximum Gasteiger partial charge on any atom is 0.358 e. The van der Waals surface area contributed by atoms with E-state index in [-0.39, 0.29) is 10.1 Å². The third-order valence-electron chi connectivity index (χ3n) is 0.949. The lowest BCUT2D eigenvalue weighted by atomic mass is 10.8. The average Bonchev–Trinajstić information content (AvgIpc) is 2.03. The molecule has 10 heteroatoms. The third kappa shape index (κ3) is 2.69. The van der Waals surface area contributed by atoms with Gasteiger partial charge in [-0.3, -0.25) is 0 Å².